The molecular weight excluding hydrogens is 233 g/mol. The van der Waals surface area contributed by atoms with Crippen molar-refractivity contribution in [1.82, 2.24) is 10.2 Å². The maximum absolute atomic E-state index is 12.0. The molecule has 0 bridgehead atoms. The van der Waals surface area contributed by atoms with E-state index in [4.69, 9.17) is 4.42 Å². The average Bonchev–Trinajstić information content (AvgIpc) is 2.62. The number of alkyl halides is 3. The van der Waals surface area contributed by atoms with E-state index in [0.29, 0.717) is 18.8 Å². The van der Waals surface area contributed by atoms with Crippen molar-refractivity contribution in [3.05, 3.63) is 23.7 Å². The Labute approximate surface area is 98.6 Å². The summed E-state index contributed by atoms with van der Waals surface area (Å²) in [6.45, 7) is 1.06. The summed E-state index contributed by atoms with van der Waals surface area (Å²) in [5.74, 6) is 0.680. The van der Waals surface area contributed by atoms with E-state index in [1.807, 2.05) is 13.1 Å². The zero-order chi connectivity index (χ0) is 12.9. The molecule has 1 rings (SSSR count). The monoisotopic (exact) mass is 250 g/mol. The fourth-order valence-corrected chi connectivity index (χ4v) is 1.47. The first kappa shape index (κ1) is 14.1. The summed E-state index contributed by atoms with van der Waals surface area (Å²) in [7, 11) is 3.47. The molecule has 0 atom stereocenters. The van der Waals surface area contributed by atoms with E-state index in [-0.39, 0.29) is 6.54 Å². The third-order valence-corrected chi connectivity index (χ3v) is 2.29. The van der Waals surface area contributed by atoms with E-state index in [1.54, 1.807) is 18.2 Å². The molecule has 17 heavy (non-hydrogen) atoms. The summed E-state index contributed by atoms with van der Waals surface area (Å²) < 4.78 is 41.3. The van der Waals surface area contributed by atoms with Crippen LogP contribution in [0.15, 0.2) is 16.7 Å². The molecule has 0 saturated carbocycles. The summed E-state index contributed by atoms with van der Waals surface area (Å²) >= 11 is 0. The molecule has 0 unspecified atom stereocenters. The molecule has 1 heterocycles. The van der Waals surface area contributed by atoms with Crippen LogP contribution in [0.3, 0.4) is 0 Å². The van der Waals surface area contributed by atoms with Crippen molar-refractivity contribution in [3.8, 4) is 0 Å². The van der Waals surface area contributed by atoms with Gasteiger partial charge in [0.2, 0.25) is 0 Å². The third-order valence-electron chi connectivity index (χ3n) is 2.29. The maximum Gasteiger partial charge on any atom is 0.390 e. The van der Waals surface area contributed by atoms with Crippen molar-refractivity contribution in [1.29, 1.82) is 0 Å². The van der Waals surface area contributed by atoms with Gasteiger partial charge in [-0.25, -0.2) is 0 Å². The molecular formula is C11H17F3N2O. The Kier molecular flexibility index (Phi) is 5.02. The Bertz CT molecular complexity index is 336. The lowest BCUT2D eigenvalue weighted by Crippen LogP contribution is -2.23. The lowest BCUT2D eigenvalue weighted by molar-refractivity contribution is -0.137. The zero-order valence-corrected chi connectivity index (χ0v) is 9.97. The molecule has 0 aromatic carbocycles. The van der Waals surface area contributed by atoms with Crippen molar-refractivity contribution in [2.45, 2.75) is 25.7 Å². The fraction of sp³-hybridized carbons (Fsp3) is 0.636. The van der Waals surface area contributed by atoms with Crippen LogP contribution in [0.5, 0.6) is 0 Å². The standard InChI is InChI=1S/C11H17F3N2O/c1-15-6-9-5-10(17-8-9)7-16(2)4-3-11(12,13)14/h5,8,15H,3-4,6-7H2,1-2H3. The molecule has 1 aromatic rings. The van der Waals surface area contributed by atoms with Gasteiger partial charge in [0, 0.05) is 18.7 Å². The van der Waals surface area contributed by atoms with Crippen molar-refractivity contribution in [2.24, 2.45) is 0 Å². The number of nitrogens with zero attached hydrogens (tertiary/aromatic N) is 1. The highest BCUT2D eigenvalue weighted by Gasteiger charge is 2.27. The van der Waals surface area contributed by atoms with Crippen molar-refractivity contribution >= 4 is 0 Å². The van der Waals surface area contributed by atoms with Crippen LogP contribution in [-0.2, 0) is 13.1 Å². The van der Waals surface area contributed by atoms with Gasteiger partial charge in [-0.2, -0.15) is 13.2 Å². The normalized spacial score (nSPS) is 12.4. The van der Waals surface area contributed by atoms with Gasteiger partial charge in [-0.05, 0) is 20.2 Å². The second-order valence-corrected chi connectivity index (χ2v) is 4.05. The Morgan fingerprint density at radius 1 is 1.41 bits per heavy atom. The molecule has 0 radical (unpaired) electrons. The van der Waals surface area contributed by atoms with E-state index in [0.717, 1.165) is 5.56 Å². The lowest BCUT2D eigenvalue weighted by atomic mass is 10.3. The van der Waals surface area contributed by atoms with Crippen molar-refractivity contribution in [3.63, 3.8) is 0 Å². The number of furan rings is 1. The molecule has 0 aliphatic carbocycles. The predicted octanol–water partition coefficient (Wildman–Crippen LogP) is 2.38. The molecule has 3 nitrogen and oxygen atoms in total. The highest BCUT2D eigenvalue weighted by molar-refractivity contribution is 5.12. The molecule has 0 aliphatic rings. The minimum Gasteiger partial charge on any atom is -0.468 e. The van der Waals surface area contributed by atoms with Gasteiger partial charge < -0.3 is 9.73 Å². The summed E-state index contributed by atoms with van der Waals surface area (Å²) in [4.78, 5) is 1.59. The van der Waals surface area contributed by atoms with Crippen LogP contribution in [0, 0.1) is 0 Å². The summed E-state index contributed by atoms with van der Waals surface area (Å²) in [6.07, 6.45) is -3.29. The minimum absolute atomic E-state index is 0.0223. The molecule has 1 N–H and O–H groups in total. The SMILES string of the molecule is CNCc1coc(CN(C)CCC(F)(F)F)c1. The van der Waals surface area contributed by atoms with Crippen LogP contribution >= 0.6 is 0 Å². The van der Waals surface area contributed by atoms with Crippen LogP contribution in [0.25, 0.3) is 0 Å². The zero-order valence-electron chi connectivity index (χ0n) is 9.97. The van der Waals surface area contributed by atoms with Gasteiger partial charge in [-0.1, -0.05) is 0 Å². The second kappa shape index (κ2) is 6.07. The highest BCUT2D eigenvalue weighted by atomic mass is 19.4. The van der Waals surface area contributed by atoms with Gasteiger partial charge in [0.1, 0.15) is 5.76 Å². The van der Waals surface area contributed by atoms with Crippen LogP contribution in [0.4, 0.5) is 13.2 Å². The predicted molar refractivity (Wildman–Crippen MR) is 58.5 cm³/mol. The van der Waals surface area contributed by atoms with Crippen LogP contribution in [0.1, 0.15) is 17.7 Å². The first-order valence-electron chi connectivity index (χ1n) is 5.37. The topological polar surface area (TPSA) is 28.4 Å². The molecule has 98 valence electrons. The van der Waals surface area contributed by atoms with Gasteiger partial charge in [-0.15, -0.1) is 0 Å². The Balaban J connectivity index is 2.36. The van der Waals surface area contributed by atoms with E-state index in [9.17, 15) is 13.2 Å². The molecule has 0 fully saturated rings. The van der Waals surface area contributed by atoms with E-state index in [2.05, 4.69) is 5.32 Å². The molecule has 1 aromatic heterocycles. The quantitative estimate of drug-likeness (QED) is 0.840. The summed E-state index contributed by atoms with van der Waals surface area (Å²) in [5, 5.41) is 2.97. The van der Waals surface area contributed by atoms with Gasteiger partial charge in [-0.3, -0.25) is 4.90 Å². The van der Waals surface area contributed by atoms with Gasteiger partial charge >= 0.3 is 6.18 Å². The van der Waals surface area contributed by atoms with E-state index in [1.165, 1.54) is 0 Å². The number of rotatable bonds is 6. The number of halogens is 3. The van der Waals surface area contributed by atoms with Crippen LogP contribution in [0.2, 0.25) is 0 Å². The van der Waals surface area contributed by atoms with Gasteiger partial charge in [0.25, 0.3) is 0 Å². The first-order valence-corrected chi connectivity index (χ1v) is 5.37. The van der Waals surface area contributed by atoms with E-state index < -0.39 is 12.6 Å². The minimum atomic E-state index is -4.10. The maximum atomic E-state index is 12.0. The van der Waals surface area contributed by atoms with Gasteiger partial charge in [0.05, 0.1) is 19.2 Å². The van der Waals surface area contributed by atoms with Crippen LogP contribution < -0.4 is 5.32 Å². The third kappa shape index (κ3) is 5.74. The van der Waals surface area contributed by atoms with Crippen LogP contribution in [-0.4, -0.2) is 31.7 Å². The molecule has 0 spiro atoms. The molecule has 0 amide bonds. The Morgan fingerprint density at radius 3 is 2.71 bits per heavy atom. The van der Waals surface area contributed by atoms with E-state index >= 15 is 0 Å². The number of hydrogen-bond acceptors (Lipinski definition) is 3. The Morgan fingerprint density at radius 2 is 2.12 bits per heavy atom. The largest absolute Gasteiger partial charge is 0.468 e. The summed E-state index contributed by atoms with van der Waals surface area (Å²) in [5.41, 5.74) is 0.992. The smallest absolute Gasteiger partial charge is 0.390 e. The summed E-state index contributed by atoms with van der Waals surface area (Å²) in [6, 6.07) is 1.85. The Hall–Kier alpha value is -1.01. The second-order valence-electron chi connectivity index (χ2n) is 4.05. The average molecular weight is 250 g/mol. The van der Waals surface area contributed by atoms with Crippen molar-refractivity contribution in [2.75, 3.05) is 20.6 Å². The highest BCUT2D eigenvalue weighted by Crippen LogP contribution is 2.20. The lowest BCUT2D eigenvalue weighted by Gasteiger charge is -2.15. The number of nitrogens with one attached hydrogen (secondary N) is 1. The molecule has 0 aliphatic heterocycles. The molecule has 6 heteroatoms. The number of hydrogen-bond donors (Lipinski definition) is 1. The molecule has 0 saturated heterocycles. The fourth-order valence-electron chi connectivity index (χ4n) is 1.47. The van der Waals surface area contributed by atoms with Gasteiger partial charge in [0.15, 0.2) is 0 Å². The van der Waals surface area contributed by atoms with Crippen molar-refractivity contribution < 1.29 is 17.6 Å². The first-order chi connectivity index (χ1) is 7.90.